The summed E-state index contributed by atoms with van der Waals surface area (Å²) >= 11 is 1.35. The summed E-state index contributed by atoms with van der Waals surface area (Å²) in [6.45, 7) is 3.71. The summed E-state index contributed by atoms with van der Waals surface area (Å²) in [7, 11) is -3.68. The van der Waals surface area contributed by atoms with Crippen molar-refractivity contribution in [2.45, 2.75) is 29.5 Å². The standard InChI is InChI=1S/C22H17N3O5S2/c1-12-2-7-18(20(26)24-12)25-21(27)15-5-3-13(8-16(15)22(25)28)10-32(29,30)14-4-6-17-19(9-14)31-11-23-17/h3-6,8-9,11,18H,1-2,7,10H2,(H,24,26). The number of nitrogens with zero attached hydrogens (tertiary/aromatic N) is 2. The van der Waals surface area contributed by atoms with Gasteiger partial charge < -0.3 is 5.32 Å². The number of hydrogen-bond acceptors (Lipinski definition) is 7. The van der Waals surface area contributed by atoms with Crippen molar-refractivity contribution < 1.29 is 22.8 Å². The number of aromatic nitrogens is 1. The number of benzene rings is 2. The Balaban J connectivity index is 1.43. The summed E-state index contributed by atoms with van der Waals surface area (Å²) in [5.74, 6) is -1.92. The molecule has 0 saturated carbocycles. The third-order valence-electron chi connectivity index (χ3n) is 5.63. The van der Waals surface area contributed by atoms with E-state index in [0.717, 1.165) is 15.1 Å². The van der Waals surface area contributed by atoms with Crippen LogP contribution in [0.2, 0.25) is 0 Å². The molecule has 32 heavy (non-hydrogen) atoms. The number of allylic oxidation sites excluding steroid dienone is 1. The molecule has 1 N–H and O–H groups in total. The number of carbonyl (C=O) groups excluding carboxylic acids is 3. The number of fused-ring (bicyclic) bond motifs is 2. The zero-order chi connectivity index (χ0) is 22.6. The van der Waals surface area contributed by atoms with E-state index >= 15 is 0 Å². The van der Waals surface area contributed by atoms with Crippen molar-refractivity contribution in [3.8, 4) is 0 Å². The van der Waals surface area contributed by atoms with E-state index in [9.17, 15) is 22.8 Å². The number of amides is 3. The first-order valence-electron chi connectivity index (χ1n) is 9.80. The number of sulfone groups is 1. The van der Waals surface area contributed by atoms with Gasteiger partial charge in [-0.25, -0.2) is 13.4 Å². The number of rotatable bonds is 4. The number of imide groups is 1. The first-order chi connectivity index (χ1) is 15.2. The lowest BCUT2D eigenvalue weighted by atomic mass is 10.0. The number of carbonyl (C=O) groups is 3. The second-order valence-electron chi connectivity index (χ2n) is 7.75. The third-order valence-corrected chi connectivity index (χ3v) is 8.11. The minimum absolute atomic E-state index is 0.109. The van der Waals surface area contributed by atoms with Crippen LogP contribution in [0.5, 0.6) is 0 Å². The number of nitrogens with one attached hydrogen (secondary N) is 1. The Morgan fingerprint density at radius 2 is 1.88 bits per heavy atom. The maximum atomic E-state index is 13.0. The molecule has 2 aromatic carbocycles. The van der Waals surface area contributed by atoms with Gasteiger partial charge in [0.1, 0.15) is 6.04 Å². The molecule has 5 rings (SSSR count). The average molecular weight is 468 g/mol. The Hall–Kier alpha value is -3.37. The molecule has 2 aliphatic heterocycles. The average Bonchev–Trinajstić information content (AvgIpc) is 3.31. The maximum Gasteiger partial charge on any atom is 0.262 e. The second-order valence-corrected chi connectivity index (χ2v) is 10.6. The SMILES string of the molecule is C=C1CCC(N2C(=O)c3ccc(CS(=O)(=O)c4ccc5ncsc5c4)cc3C2=O)C(=O)N1. The summed E-state index contributed by atoms with van der Waals surface area (Å²) in [5.41, 5.74) is 3.59. The summed E-state index contributed by atoms with van der Waals surface area (Å²) < 4.78 is 26.7. The largest absolute Gasteiger partial charge is 0.329 e. The Labute approximate surface area is 187 Å². The second kappa shape index (κ2) is 7.35. The molecule has 10 heteroatoms. The minimum atomic E-state index is -3.68. The first-order valence-corrected chi connectivity index (χ1v) is 12.3. The van der Waals surface area contributed by atoms with Crippen LogP contribution < -0.4 is 5.32 Å². The van der Waals surface area contributed by atoms with Crippen LogP contribution in [0.4, 0.5) is 0 Å². The summed E-state index contributed by atoms with van der Waals surface area (Å²) in [5, 5.41) is 2.58. The van der Waals surface area contributed by atoms with Crippen LogP contribution in [-0.4, -0.2) is 42.1 Å². The van der Waals surface area contributed by atoms with Gasteiger partial charge in [-0.05, 0) is 48.7 Å². The van der Waals surface area contributed by atoms with Crippen LogP contribution in [-0.2, 0) is 20.4 Å². The predicted molar refractivity (Wildman–Crippen MR) is 118 cm³/mol. The van der Waals surface area contributed by atoms with Gasteiger partial charge in [-0.1, -0.05) is 12.6 Å². The lowest BCUT2D eigenvalue weighted by molar-refractivity contribution is -0.125. The molecule has 0 aliphatic carbocycles. The van der Waals surface area contributed by atoms with Crippen LogP contribution >= 0.6 is 11.3 Å². The molecule has 162 valence electrons. The van der Waals surface area contributed by atoms with E-state index < -0.39 is 33.6 Å². The topological polar surface area (TPSA) is 114 Å². The van der Waals surface area contributed by atoms with Crippen LogP contribution in [0.3, 0.4) is 0 Å². The molecule has 0 bridgehead atoms. The highest BCUT2D eigenvalue weighted by Gasteiger charge is 2.44. The molecular weight excluding hydrogens is 450 g/mol. The zero-order valence-electron chi connectivity index (χ0n) is 16.7. The van der Waals surface area contributed by atoms with Crippen molar-refractivity contribution in [2.24, 2.45) is 0 Å². The molecule has 3 amide bonds. The highest BCUT2D eigenvalue weighted by atomic mass is 32.2. The zero-order valence-corrected chi connectivity index (χ0v) is 18.3. The molecule has 0 radical (unpaired) electrons. The number of piperidine rings is 1. The van der Waals surface area contributed by atoms with Gasteiger partial charge in [-0.2, -0.15) is 0 Å². The van der Waals surface area contributed by atoms with E-state index in [0.29, 0.717) is 24.1 Å². The third kappa shape index (κ3) is 3.32. The predicted octanol–water partition coefficient (Wildman–Crippen LogP) is 2.66. The van der Waals surface area contributed by atoms with E-state index in [1.165, 1.54) is 35.6 Å². The lowest BCUT2D eigenvalue weighted by Crippen LogP contribution is -2.51. The Morgan fingerprint density at radius 3 is 2.66 bits per heavy atom. The first kappa shape index (κ1) is 20.5. The van der Waals surface area contributed by atoms with Crippen LogP contribution in [0.1, 0.15) is 39.1 Å². The summed E-state index contributed by atoms with van der Waals surface area (Å²) in [6, 6.07) is 8.25. The molecule has 1 unspecified atom stereocenters. The Morgan fingerprint density at radius 1 is 1.09 bits per heavy atom. The molecule has 3 aromatic rings. The van der Waals surface area contributed by atoms with Crippen molar-refractivity contribution in [3.05, 3.63) is 70.9 Å². The molecule has 0 spiro atoms. The van der Waals surface area contributed by atoms with Gasteiger partial charge in [0, 0.05) is 5.70 Å². The van der Waals surface area contributed by atoms with Gasteiger partial charge in [0.2, 0.25) is 5.91 Å². The van der Waals surface area contributed by atoms with Crippen molar-refractivity contribution in [1.29, 1.82) is 0 Å². The van der Waals surface area contributed by atoms with Crippen LogP contribution in [0, 0.1) is 0 Å². The Bertz CT molecular complexity index is 1440. The lowest BCUT2D eigenvalue weighted by Gasteiger charge is -2.29. The van der Waals surface area contributed by atoms with Crippen molar-refractivity contribution in [1.82, 2.24) is 15.2 Å². The van der Waals surface area contributed by atoms with E-state index in [4.69, 9.17) is 0 Å². The van der Waals surface area contributed by atoms with Crippen LogP contribution in [0.25, 0.3) is 10.2 Å². The molecule has 1 fully saturated rings. The fourth-order valence-corrected chi connectivity index (χ4v) is 6.17. The molecule has 1 aromatic heterocycles. The maximum absolute atomic E-state index is 13.0. The van der Waals surface area contributed by atoms with E-state index in [1.807, 2.05) is 0 Å². The van der Waals surface area contributed by atoms with Crippen molar-refractivity contribution >= 4 is 49.1 Å². The van der Waals surface area contributed by atoms with E-state index in [-0.39, 0.29) is 21.8 Å². The summed E-state index contributed by atoms with van der Waals surface area (Å²) in [6.07, 6.45) is 0.773. The molecule has 1 saturated heterocycles. The van der Waals surface area contributed by atoms with Crippen molar-refractivity contribution in [2.75, 3.05) is 0 Å². The quantitative estimate of drug-likeness (QED) is 0.590. The molecule has 1 atom stereocenters. The molecule has 2 aliphatic rings. The Kier molecular flexibility index (Phi) is 4.72. The highest BCUT2D eigenvalue weighted by molar-refractivity contribution is 7.90. The minimum Gasteiger partial charge on any atom is -0.329 e. The monoisotopic (exact) mass is 467 g/mol. The van der Waals surface area contributed by atoms with Gasteiger partial charge in [0.15, 0.2) is 9.84 Å². The number of thiazole rings is 1. The van der Waals surface area contributed by atoms with Gasteiger partial charge in [-0.3, -0.25) is 19.3 Å². The smallest absolute Gasteiger partial charge is 0.262 e. The molecular formula is C22H17N3O5S2. The van der Waals surface area contributed by atoms with Gasteiger partial charge in [0.05, 0.1) is 37.5 Å². The van der Waals surface area contributed by atoms with Gasteiger partial charge in [-0.15, -0.1) is 11.3 Å². The number of hydrogen-bond donors (Lipinski definition) is 1. The van der Waals surface area contributed by atoms with Gasteiger partial charge >= 0.3 is 0 Å². The fourth-order valence-electron chi connectivity index (χ4n) is 4.02. The van der Waals surface area contributed by atoms with Gasteiger partial charge in [0.25, 0.3) is 11.8 Å². The van der Waals surface area contributed by atoms with E-state index in [1.54, 1.807) is 17.6 Å². The summed E-state index contributed by atoms with van der Waals surface area (Å²) in [4.78, 5) is 43.4. The molecule has 3 heterocycles. The molecule has 8 nitrogen and oxygen atoms in total. The van der Waals surface area contributed by atoms with Crippen LogP contribution in [0.15, 0.2) is 59.1 Å². The fraction of sp³-hybridized carbons (Fsp3) is 0.182. The van der Waals surface area contributed by atoms with E-state index in [2.05, 4.69) is 16.9 Å². The normalized spacial score (nSPS) is 18.9. The van der Waals surface area contributed by atoms with Crippen molar-refractivity contribution in [3.63, 3.8) is 0 Å². The highest BCUT2D eigenvalue weighted by Crippen LogP contribution is 2.30.